The zero-order valence-electron chi connectivity index (χ0n) is 16.9. The van der Waals surface area contributed by atoms with Gasteiger partial charge in [-0.2, -0.15) is 0 Å². The third kappa shape index (κ3) is 3.25. The van der Waals surface area contributed by atoms with Crippen molar-refractivity contribution in [2.75, 3.05) is 6.54 Å². The molecule has 0 bridgehead atoms. The monoisotopic (exact) mass is 412 g/mol. The van der Waals surface area contributed by atoms with Gasteiger partial charge in [-0.05, 0) is 65.8 Å². The average molecular weight is 413 g/mol. The summed E-state index contributed by atoms with van der Waals surface area (Å²) in [6.07, 6.45) is 5.02. The Balaban J connectivity index is 1.62. The van der Waals surface area contributed by atoms with Gasteiger partial charge >= 0.3 is 0 Å². The molecular formula is C25H24N4S. The third-order valence-electron chi connectivity index (χ3n) is 5.76. The first-order valence-corrected chi connectivity index (χ1v) is 10.8. The highest BCUT2D eigenvalue weighted by atomic mass is 32.1. The van der Waals surface area contributed by atoms with Crippen LogP contribution in [0, 0.1) is 0 Å². The van der Waals surface area contributed by atoms with Crippen molar-refractivity contribution in [3.63, 3.8) is 0 Å². The van der Waals surface area contributed by atoms with Crippen molar-refractivity contribution in [2.24, 2.45) is 0 Å². The minimum absolute atomic E-state index is 0.0133. The van der Waals surface area contributed by atoms with Crippen molar-refractivity contribution < 1.29 is 0 Å². The second-order valence-corrected chi connectivity index (χ2v) is 8.04. The minimum Gasteiger partial charge on any atom is -0.352 e. The number of fused-ring (bicyclic) bond motifs is 1. The van der Waals surface area contributed by atoms with Gasteiger partial charge in [-0.25, -0.2) is 0 Å². The summed E-state index contributed by atoms with van der Waals surface area (Å²) >= 11 is 5.73. The molecule has 4 aromatic rings. The van der Waals surface area contributed by atoms with Crippen LogP contribution in [-0.4, -0.2) is 26.1 Å². The van der Waals surface area contributed by atoms with Crippen LogP contribution < -0.4 is 5.32 Å². The van der Waals surface area contributed by atoms with E-state index in [2.05, 4.69) is 93.6 Å². The molecule has 5 heteroatoms. The van der Waals surface area contributed by atoms with Gasteiger partial charge < -0.3 is 14.8 Å². The first-order valence-electron chi connectivity index (χ1n) is 10.4. The molecule has 1 aliphatic heterocycles. The lowest BCUT2D eigenvalue weighted by molar-refractivity contribution is 0.309. The lowest BCUT2D eigenvalue weighted by atomic mass is 10.0. The topological polar surface area (TPSA) is 33.1 Å². The van der Waals surface area contributed by atoms with Gasteiger partial charge in [0, 0.05) is 30.3 Å². The Hall–Kier alpha value is -3.18. The third-order valence-corrected chi connectivity index (χ3v) is 6.11. The standard InChI is InChI=1S/C25H24N4S/c1-2-15-29-24(23(27-25(29)30)21-10-5-6-14-26-21)22-11-7-16-28(22)20-13-12-18-8-3-4-9-19(18)17-20/h3-14,16-17,23-24H,2,15H2,1H3,(H,27,30)/t23-,24+/m0/s1. The van der Waals surface area contributed by atoms with E-state index < -0.39 is 0 Å². The molecule has 5 rings (SSSR count). The highest BCUT2D eigenvalue weighted by Crippen LogP contribution is 2.39. The molecule has 0 aliphatic carbocycles. The summed E-state index contributed by atoms with van der Waals surface area (Å²) in [7, 11) is 0. The zero-order chi connectivity index (χ0) is 20.5. The van der Waals surface area contributed by atoms with Crippen molar-refractivity contribution in [2.45, 2.75) is 25.4 Å². The summed E-state index contributed by atoms with van der Waals surface area (Å²) in [5.74, 6) is 0. The van der Waals surface area contributed by atoms with Crippen molar-refractivity contribution >= 4 is 28.1 Å². The molecule has 4 nitrogen and oxygen atoms in total. The number of nitrogens with zero attached hydrogens (tertiary/aromatic N) is 3. The molecule has 1 saturated heterocycles. The van der Waals surface area contributed by atoms with Crippen LogP contribution in [0.4, 0.5) is 0 Å². The molecule has 3 heterocycles. The van der Waals surface area contributed by atoms with Crippen LogP contribution in [0.2, 0.25) is 0 Å². The maximum atomic E-state index is 5.73. The Kier molecular flexibility index (Phi) is 4.97. The fourth-order valence-electron chi connectivity index (χ4n) is 4.41. The van der Waals surface area contributed by atoms with Crippen molar-refractivity contribution in [3.05, 3.63) is 96.6 Å². The predicted molar refractivity (Wildman–Crippen MR) is 126 cm³/mol. The fraction of sp³-hybridized carbons (Fsp3) is 0.200. The molecule has 0 amide bonds. The lowest BCUT2D eigenvalue weighted by Crippen LogP contribution is -2.31. The maximum absolute atomic E-state index is 5.73. The smallest absolute Gasteiger partial charge is 0.170 e. The summed E-state index contributed by atoms with van der Waals surface area (Å²) < 4.78 is 2.28. The number of aromatic nitrogens is 2. The van der Waals surface area contributed by atoms with Gasteiger partial charge in [0.1, 0.15) is 0 Å². The summed E-state index contributed by atoms with van der Waals surface area (Å²) in [5.41, 5.74) is 3.37. The number of thiocarbonyl (C=S) groups is 1. The number of hydrogen-bond acceptors (Lipinski definition) is 2. The lowest BCUT2D eigenvalue weighted by Gasteiger charge is -2.28. The van der Waals surface area contributed by atoms with Crippen LogP contribution in [0.25, 0.3) is 16.5 Å². The quantitative estimate of drug-likeness (QED) is 0.445. The molecule has 2 aromatic carbocycles. The molecule has 2 aromatic heterocycles. The molecule has 0 saturated carbocycles. The highest BCUT2D eigenvalue weighted by molar-refractivity contribution is 7.80. The highest BCUT2D eigenvalue weighted by Gasteiger charge is 2.40. The number of pyridine rings is 1. The summed E-state index contributed by atoms with van der Waals surface area (Å²) in [5, 5.41) is 6.81. The Morgan fingerprint density at radius 1 is 0.967 bits per heavy atom. The van der Waals surface area contributed by atoms with E-state index in [0.29, 0.717) is 0 Å². The van der Waals surface area contributed by atoms with E-state index in [1.54, 1.807) is 0 Å². The van der Waals surface area contributed by atoms with Crippen LogP contribution in [-0.2, 0) is 0 Å². The first kappa shape index (κ1) is 18.8. The van der Waals surface area contributed by atoms with E-state index in [4.69, 9.17) is 12.2 Å². The van der Waals surface area contributed by atoms with Crippen molar-refractivity contribution in [3.8, 4) is 5.69 Å². The van der Waals surface area contributed by atoms with Crippen LogP contribution in [0.1, 0.15) is 36.8 Å². The fourth-order valence-corrected chi connectivity index (χ4v) is 4.74. The Morgan fingerprint density at radius 2 is 1.80 bits per heavy atom. The molecular weight excluding hydrogens is 388 g/mol. The number of rotatable bonds is 5. The van der Waals surface area contributed by atoms with Crippen LogP contribution in [0.5, 0.6) is 0 Å². The number of hydrogen-bond donors (Lipinski definition) is 1. The molecule has 1 aliphatic rings. The van der Waals surface area contributed by atoms with Crippen molar-refractivity contribution in [1.29, 1.82) is 0 Å². The van der Waals surface area contributed by atoms with Gasteiger partial charge in [-0.3, -0.25) is 4.98 Å². The predicted octanol–water partition coefficient (Wildman–Crippen LogP) is 5.41. The van der Waals surface area contributed by atoms with Gasteiger partial charge in [0.15, 0.2) is 5.11 Å². The number of nitrogens with one attached hydrogen (secondary N) is 1. The Bertz CT molecular complexity index is 1180. The van der Waals surface area contributed by atoms with E-state index in [0.717, 1.165) is 29.5 Å². The summed E-state index contributed by atoms with van der Waals surface area (Å²) in [4.78, 5) is 6.94. The van der Waals surface area contributed by atoms with Crippen LogP contribution >= 0.6 is 12.2 Å². The average Bonchev–Trinajstić information content (AvgIpc) is 3.39. The maximum Gasteiger partial charge on any atom is 0.170 e. The van der Waals surface area contributed by atoms with E-state index in [1.165, 1.54) is 16.5 Å². The van der Waals surface area contributed by atoms with Gasteiger partial charge in [0.25, 0.3) is 0 Å². The number of benzene rings is 2. The van der Waals surface area contributed by atoms with E-state index in [1.807, 2.05) is 18.3 Å². The first-order chi connectivity index (χ1) is 14.8. The molecule has 1 fully saturated rings. The second-order valence-electron chi connectivity index (χ2n) is 7.65. The molecule has 0 spiro atoms. The minimum atomic E-state index is 0.0133. The van der Waals surface area contributed by atoms with E-state index in [9.17, 15) is 0 Å². The van der Waals surface area contributed by atoms with Gasteiger partial charge in [0.2, 0.25) is 0 Å². The van der Waals surface area contributed by atoms with E-state index >= 15 is 0 Å². The zero-order valence-corrected chi connectivity index (χ0v) is 17.7. The van der Waals surface area contributed by atoms with E-state index in [-0.39, 0.29) is 12.1 Å². The molecule has 30 heavy (non-hydrogen) atoms. The molecule has 1 N–H and O–H groups in total. The Morgan fingerprint density at radius 3 is 2.60 bits per heavy atom. The molecule has 0 radical (unpaired) electrons. The normalized spacial score (nSPS) is 18.7. The second kappa shape index (κ2) is 7.92. The molecule has 0 unspecified atom stereocenters. The SMILES string of the molecule is CCCN1C(=S)N[C@@H](c2ccccn2)[C@H]1c1cccn1-c1ccc2ccccc2c1. The van der Waals surface area contributed by atoms with Crippen LogP contribution in [0.3, 0.4) is 0 Å². The van der Waals surface area contributed by atoms with Crippen molar-refractivity contribution in [1.82, 2.24) is 19.8 Å². The largest absolute Gasteiger partial charge is 0.352 e. The molecule has 2 atom stereocenters. The summed E-state index contributed by atoms with van der Waals surface area (Å²) in [6, 6.07) is 25.6. The molecule has 150 valence electrons. The van der Waals surface area contributed by atoms with Gasteiger partial charge in [0.05, 0.1) is 17.8 Å². The van der Waals surface area contributed by atoms with Gasteiger partial charge in [-0.1, -0.05) is 43.3 Å². The Labute approximate surface area is 182 Å². The van der Waals surface area contributed by atoms with Gasteiger partial charge in [-0.15, -0.1) is 0 Å². The van der Waals surface area contributed by atoms with Crippen LogP contribution in [0.15, 0.2) is 85.2 Å². The summed E-state index contributed by atoms with van der Waals surface area (Å²) in [6.45, 7) is 3.10.